The molecule has 238 valence electrons. The van der Waals surface area contributed by atoms with Gasteiger partial charge in [0.15, 0.2) is 5.76 Å². The number of nitrogens with one attached hydrogen (secondary N) is 3. The lowest BCUT2D eigenvalue weighted by molar-refractivity contribution is -0.134. The minimum absolute atomic E-state index is 0.00929. The van der Waals surface area contributed by atoms with Crippen molar-refractivity contribution < 1.29 is 28.4 Å². The molecule has 3 aliphatic rings. The van der Waals surface area contributed by atoms with Crippen LogP contribution in [-0.4, -0.2) is 83.8 Å². The van der Waals surface area contributed by atoms with E-state index in [1.54, 1.807) is 44.0 Å². The molecule has 0 unspecified atom stereocenters. The minimum Gasteiger partial charge on any atom is -0.490 e. The molecular weight excluding hydrogens is 576 g/mol. The maximum Gasteiger partial charge on any atom is 0.323 e. The first kappa shape index (κ1) is 30.6. The van der Waals surface area contributed by atoms with Gasteiger partial charge in [-0.05, 0) is 56.9 Å². The van der Waals surface area contributed by atoms with Gasteiger partial charge in [-0.25, -0.2) is 4.79 Å². The molecule has 4 atom stereocenters. The summed E-state index contributed by atoms with van der Waals surface area (Å²) in [6, 6.07) is 14.8. The quantitative estimate of drug-likeness (QED) is 0.361. The molecule has 2 saturated heterocycles. The summed E-state index contributed by atoms with van der Waals surface area (Å²) in [4.78, 5) is 43.3. The lowest BCUT2D eigenvalue weighted by Gasteiger charge is -2.42. The van der Waals surface area contributed by atoms with E-state index in [0.717, 1.165) is 26.1 Å². The van der Waals surface area contributed by atoms with Crippen LogP contribution in [-0.2, 0) is 16.1 Å². The summed E-state index contributed by atoms with van der Waals surface area (Å²) in [7, 11) is 1.76. The molecule has 3 N–H and O–H groups in total. The standard InChI is InChI=1S/C33H40N6O6/c1-20-31(21(2)45-37-20)36-33(42)35-23-9-12-28-26(15-23)32(41)38(3)27-11-10-25(44-29(27)19-43-28)16-30(40)34-24-13-14-39(18-24)17-22-7-5-4-6-8-22/h4-9,12,15,24-25,27,29H,10-11,13-14,16-19H2,1-3H3,(H,34,40)(H2,35,36,42)/t24-,25-,27+,29+/m1/s1. The van der Waals surface area contributed by atoms with Crippen molar-refractivity contribution in [3.8, 4) is 5.75 Å². The highest BCUT2D eigenvalue weighted by Crippen LogP contribution is 2.33. The Morgan fingerprint density at radius 1 is 1.04 bits per heavy atom. The van der Waals surface area contributed by atoms with Crippen molar-refractivity contribution in [3.63, 3.8) is 0 Å². The number of carbonyl (C=O) groups is 3. The monoisotopic (exact) mass is 616 g/mol. The Morgan fingerprint density at radius 3 is 2.64 bits per heavy atom. The summed E-state index contributed by atoms with van der Waals surface area (Å²) >= 11 is 0. The summed E-state index contributed by atoms with van der Waals surface area (Å²) in [5, 5.41) is 12.5. The molecule has 3 aromatic rings. The third-order valence-corrected chi connectivity index (χ3v) is 8.84. The zero-order valence-corrected chi connectivity index (χ0v) is 25.9. The van der Waals surface area contributed by atoms with E-state index in [1.165, 1.54) is 5.56 Å². The number of amides is 4. The Hall–Kier alpha value is -4.42. The first-order valence-electron chi connectivity index (χ1n) is 15.5. The Kier molecular flexibility index (Phi) is 9.04. The number of likely N-dealkylation sites (N-methyl/N-ethyl adjacent to an activating group) is 1. The molecule has 0 saturated carbocycles. The molecule has 1 aromatic heterocycles. The first-order valence-corrected chi connectivity index (χ1v) is 15.5. The van der Waals surface area contributed by atoms with Crippen LogP contribution in [0.4, 0.5) is 16.2 Å². The average Bonchev–Trinajstić information content (AvgIpc) is 3.60. The number of likely N-dealkylation sites (tertiary alicyclic amines) is 1. The molecular formula is C33H40N6O6. The summed E-state index contributed by atoms with van der Waals surface area (Å²) in [5.74, 6) is 0.671. The number of aromatic nitrogens is 1. The van der Waals surface area contributed by atoms with E-state index in [1.807, 2.05) is 18.2 Å². The van der Waals surface area contributed by atoms with E-state index in [0.29, 0.717) is 47.0 Å². The maximum absolute atomic E-state index is 13.6. The van der Waals surface area contributed by atoms with E-state index in [9.17, 15) is 14.4 Å². The van der Waals surface area contributed by atoms with Gasteiger partial charge in [0.2, 0.25) is 5.91 Å². The highest BCUT2D eigenvalue weighted by molar-refractivity contribution is 6.03. The Balaban J connectivity index is 1.02. The van der Waals surface area contributed by atoms with E-state index < -0.39 is 6.03 Å². The lowest BCUT2D eigenvalue weighted by atomic mass is 9.94. The number of ether oxygens (including phenoxy) is 2. The van der Waals surface area contributed by atoms with Crippen molar-refractivity contribution in [2.75, 3.05) is 37.4 Å². The predicted molar refractivity (Wildman–Crippen MR) is 167 cm³/mol. The van der Waals surface area contributed by atoms with Gasteiger partial charge >= 0.3 is 6.03 Å². The maximum atomic E-state index is 13.6. The van der Waals surface area contributed by atoms with Crippen molar-refractivity contribution in [3.05, 3.63) is 71.1 Å². The first-order chi connectivity index (χ1) is 21.7. The number of rotatable bonds is 7. The summed E-state index contributed by atoms with van der Waals surface area (Å²) in [6.45, 7) is 6.36. The zero-order valence-electron chi connectivity index (χ0n) is 25.9. The van der Waals surface area contributed by atoms with Gasteiger partial charge in [0.05, 0.1) is 24.1 Å². The zero-order chi connectivity index (χ0) is 31.5. The predicted octanol–water partition coefficient (Wildman–Crippen LogP) is 4.10. The third kappa shape index (κ3) is 7.12. The van der Waals surface area contributed by atoms with E-state index in [2.05, 4.69) is 38.1 Å². The van der Waals surface area contributed by atoms with Gasteiger partial charge in [0, 0.05) is 38.4 Å². The van der Waals surface area contributed by atoms with Gasteiger partial charge in [0.1, 0.15) is 29.8 Å². The van der Waals surface area contributed by atoms with E-state index >= 15 is 0 Å². The van der Waals surface area contributed by atoms with Gasteiger partial charge in [0.25, 0.3) is 5.91 Å². The second-order valence-corrected chi connectivity index (χ2v) is 12.1. The fraction of sp³-hybridized carbons (Fsp3) is 0.455. The van der Waals surface area contributed by atoms with Crippen LogP contribution in [0.5, 0.6) is 5.75 Å². The van der Waals surface area contributed by atoms with E-state index in [4.69, 9.17) is 14.0 Å². The van der Waals surface area contributed by atoms with Crippen LogP contribution in [0, 0.1) is 13.8 Å². The van der Waals surface area contributed by atoms with Crippen LogP contribution in [0.2, 0.25) is 0 Å². The molecule has 6 rings (SSSR count). The molecule has 4 amide bonds. The molecule has 4 heterocycles. The van der Waals surface area contributed by atoms with Crippen LogP contribution in [0.1, 0.15) is 53.1 Å². The lowest BCUT2D eigenvalue weighted by Crippen LogP contribution is -2.54. The molecule has 0 bridgehead atoms. The van der Waals surface area contributed by atoms with Crippen LogP contribution in [0.25, 0.3) is 0 Å². The Bertz CT molecular complexity index is 1520. The third-order valence-electron chi connectivity index (χ3n) is 8.84. The molecule has 2 aromatic carbocycles. The van der Waals surface area contributed by atoms with Gasteiger partial charge in [-0.1, -0.05) is 35.5 Å². The Morgan fingerprint density at radius 2 is 1.87 bits per heavy atom. The molecule has 0 spiro atoms. The minimum atomic E-state index is -0.481. The number of fused-ring (bicyclic) bond motifs is 2. The summed E-state index contributed by atoms with van der Waals surface area (Å²) in [5.41, 5.74) is 3.14. The van der Waals surface area contributed by atoms with Gasteiger partial charge in [-0.2, -0.15) is 0 Å². The average molecular weight is 617 g/mol. The molecule has 2 fully saturated rings. The molecule has 12 nitrogen and oxygen atoms in total. The highest BCUT2D eigenvalue weighted by atomic mass is 16.5. The second-order valence-electron chi connectivity index (χ2n) is 12.1. The van der Waals surface area contributed by atoms with Crippen molar-refractivity contribution in [1.29, 1.82) is 0 Å². The number of nitrogens with zero attached hydrogens (tertiary/aromatic N) is 3. The fourth-order valence-electron chi connectivity index (χ4n) is 6.47. The van der Waals surface area contributed by atoms with Crippen LogP contribution in [0.3, 0.4) is 0 Å². The number of carbonyl (C=O) groups excluding carboxylic acids is 3. The smallest absolute Gasteiger partial charge is 0.323 e. The summed E-state index contributed by atoms with van der Waals surface area (Å²) in [6.07, 6.45) is 1.94. The second kappa shape index (κ2) is 13.3. The SMILES string of the molecule is Cc1noc(C)c1NC(=O)Nc1ccc2c(c1)C(=O)N(C)[C@H]1CC[C@H](CC(=O)N[C@@H]3CCN(Cc4ccccc4)C3)O[C@H]1CO2. The van der Waals surface area contributed by atoms with Crippen molar-refractivity contribution in [2.24, 2.45) is 0 Å². The van der Waals surface area contributed by atoms with Gasteiger partial charge in [-0.3, -0.25) is 14.5 Å². The molecule has 0 radical (unpaired) electrons. The number of aryl methyl sites for hydroxylation is 2. The fourth-order valence-corrected chi connectivity index (χ4v) is 6.47. The number of hydrogen-bond acceptors (Lipinski definition) is 8. The topological polar surface area (TPSA) is 138 Å². The van der Waals surface area contributed by atoms with E-state index in [-0.39, 0.29) is 49.1 Å². The largest absolute Gasteiger partial charge is 0.490 e. The van der Waals surface area contributed by atoms with Crippen LogP contribution >= 0.6 is 0 Å². The van der Waals surface area contributed by atoms with Crippen molar-refractivity contribution in [2.45, 2.75) is 70.4 Å². The van der Waals surface area contributed by atoms with Crippen LogP contribution in [0.15, 0.2) is 53.1 Å². The van der Waals surface area contributed by atoms with Gasteiger partial charge < -0.3 is 34.8 Å². The van der Waals surface area contributed by atoms with Crippen LogP contribution < -0.4 is 20.7 Å². The molecule has 45 heavy (non-hydrogen) atoms. The normalized spacial score (nSPS) is 23.3. The number of anilines is 2. The van der Waals surface area contributed by atoms with Crippen molar-refractivity contribution >= 4 is 29.2 Å². The summed E-state index contributed by atoms with van der Waals surface area (Å²) < 4.78 is 17.6. The molecule has 3 aliphatic heterocycles. The number of urea groups is 1. The molecule has 12 heteroatoms. The number of benzene rings is 2. The Labute approximate surface area is 262 Å². The number of hydrogen-bond donors (Lipinski definition) is 3. The molecule has 0 aliphatic carbocycles. The van der Waals surface area contributed by atoms with Crippen molar-refractivity contribution in [1.82, 2.24) is 20.3 Å². The van der Waals surface area contributed by atoms with Gasteiger partial charge in [-0.15, -0.1) is 0 Å². The highest BCUT2D eigenvalue weighted by Gasteiger charge is 2.39.